The number of aliphatic hydroxyl groups is 3. The van der Waals surface area contributed by atoms with Gasteiger partial charge in [-0.25, -0.2) is 0 Å². The Morgan fingerprint density at radius 3 is 2.67 bits per heavy atom. The third kappa shape index (κ3) is 1.46. The smallest absolute Gasteiger partial charge is 0.225 e. The van der Waals surface area contributed by atoms with Crippen LogP contribution in [-0.2, 0) is 21.9 Å². The molecule has 0 bridgehead atoms. The van der Waals surface area contributed by atoms with Gasteiger partial charge < -0.3 is 24.8 Å². The normalized spacial score (nSPS) is 43.1. The molecular weight excluding hydrogens is 236 g/mol. The molecule has 1 aromatic carbocycles. The number of hydrogen-bond acceptors (Lipinski definition) is 5. The molecular formula is C13H16O5. The molecule has 0 saturated carbocycles. The van der Waals surface area contributed by atoms with Crippen molar-refractivity contribution >= 4 is 0 Å². The first-order chi connectivity index (χ1) is 8.56. The summed E-state index contributed by atoms with van der Waals surface area (Å²) >= 11 is 0. The predicted molar refractivity (Wildman–Crippen MR) is 61.5 cm³/mol. The lowest BCUT2D eigenvalue weighted by molar-refractivity contribution is -0.362. The van der Waals surface area contributed by atoms with Crippen LogP contribution in [0.25, 0.3) is 0 Å². The molecule has 2 aliphatic heterocycles. The SMILES string of the molecule is CC1OC2(OCc3ccccc32)C(O)C(O)C1O. The fourth-order valence-electron chi connectivity index (χ4n) is 2.70. The van der Waals surface area contributed by atoms with Crippen LogP contribution in [0.5, 0.6) is 0 Å². The topological polar surface area (TPSA) is 79.2 Å². The van der Waals surface area contributed by atoms with Crippen molar-refractivity contribution in [2.24, 2.45) is 0 Å². The molecule has 1 saturated heterocycles. The zero-order chi connectivity index (χ0) is 12.9. The van der Waals surface area contributed by atoms with Gasteiger partial charge in [-0.15, -0.1) is 0 Å². The molecule has 0 radical (unpaired) electrons. The molecule has 3 N–H and O–H groups in total. The molecule has 5 nitrogen and oxygen atoms in total. The average molecular weight is 252 g/mol. The molecule has 5 unspecified atom stereocenters. The minimum absolute atomic E-state index is 0.322. The van der Waals surface area contributed by atoms with E-state index in [0.717, 1.165) is 11.1 Å². The Balaban J connectivity index is 2.06. The lowest BCUT2D eigenvalue weighted by Crippen LogP contribution is -2.61. The molecule has 0 amide bonds. The van der Waals surface area contributed by atoms with E-state index in [9.17, 15) is 15.3 Å². The molecule has 0 aliphatic carbocycles. The highest BCUT2D eigenvalue weighted by Crippen LogP contribution is 2.45. The Hall–Kier alpha value is -0.980. The van der Waals surface area contributed by atoms with E-state index in [-0.39, 0.29) is 0 Å². The summed E-state index contributed by atoms with van der Waals surface area (Å²) in [5, 5.41) is 29.8. The van der Waals surface area contributed by atoms with Gasteiger partial charge in [0.15, 0.2) is 0 Å². The molecule has 2 heterocycles. The average Bonchev–Trinajstić information content (AvgIpc) is 2.75. The van der Waals surface area contributed by atoms with E-state index < -0.39 is 30.2 Å². The Morgan fingerprint density at radius 2 is 1.89 bits per heavy atom. The first-order valence-corrected chi connectivity index (χ1v) is 6.00. The number of aliphatic hydroxyl groups excluding tert-OH is 3. The molecule has 3 rings (SSSR count). The van der Waals surface area contributed by atoms with Crippen molar-refractivity contribution in [3.8, 4) is 0 Å². The Labute approximate surface area is 105 Å². The fraction of sp³-hybridized carbons (Fsp3) is 0.538. The molecule has 98 valence electrons. The fourth-order valence-corrected chi connectivity index (χ4v) is 2.70. The lowest BCUT2D eigenvalue weighted by Gasteiger charge is -2.45. The summed E-state index contributed by atoms with van der Waals surface area (Å²) in [7, 11) is 0. The summed E-state index contributed by atoms with van der Waals surface area (Å²) < 4.78 is 11.3. The Morgan fingerprint density at radius 1 is 1.17 bits per heavy atom. The summed E-state index contributed by atoms with van der Waals surface area (Å²) in [6.45, 7) is 1.97. The van der Waals surface area contributed by atoms with Crippen molar-refractivity contribution in [2.45, 2.75) is 43.7 Å². The van der Waals surface area contributed by atoms with E-state index in [1.165, 1.54) is 0 Å². The quantitative estimate of drug-likeness (QED) is 0.599. The van der Waals surface area contributed by atoms with Gasteiger partial charge in [-0.05, 0) is 12.5 Å². The number of hydrogen-bond donors (Lipinski definition) is 3. The van der Waals surface area contributed by atoms with Gasteiger partial charge in [0, 0.05) is 5.56 Å². The summed E-state index contributed by atoms with van der Waals surface area (Å²) in [6.07, 6.45) is -4.34. The van der Waals surface area contributed by atoms with Gasteiger partial charge in [0.2, 0.25) is 5.79 Å². The van der Waals surface area contributed by atoms with Crippen LogP contribution in [0.4, 0.5) is 0 Å². The molecule has 2 aliphatic rings. The van der Waals surface area contributed by atoms with Crippen LogP contribution in [0.3, 0.4) is 0 Å². The first kappa shape index (κ1) is 12.1. The second-order valence-electron chi connectivity index (χ2n) is 4.86. The van der Waals surface area contributed by atoms with Crippen molar-refractivity contribution in [2.75, 3.05) is 0 Å². The summed E-state index contributed by atoms with van der Waals surface area (Å²) in [5.74, 6) is -1.37. The van der Waals surface area contributed by atoms with Gasteiger partial charge in [0.1, 0.15) is 18.3 Å². The van der Waals surface area contributed by atoms with Gasteiger partial charge in [-0.3, -0.25) is 0 Å². The van der Waals surface area contributed by atoms with E-state index in [4.69, 9.17) is 9.47 Å². The minimum atomic E-state index is -1.37. The van der Waals surface area contributed by atoms with Crippen LogP contribution in [0.2, 0.25) is 0 Å². The zero-order valence-corrected chi connectivity index (χ0v) is 9.98. The summed E-state index contributed by atoms with van der Waals surface area (Å²) in [5.41, 5.74) is 1.64. The van der Waals surface area contributed by atoms with Gasteiger partial charge in [0.25, 0.3) is 0 Å². The van der Waals surface area contributed by atoms with Gasteiger partial charge in [-0.1, -0.05) is 24.3 Å². The highest BCUT2D eigenvalue weighted by molar-refractivity contribution is 5.35. The third-order valence-corrected chi connectivity index (χ3v) is 3.74. The molecule has 1 spiro atoms. The molecule has 1 aromatic rings. The largest absolute Gasteiger partial charge is 0.388 e. The molecule has 5 atom stereocenters. The molecule has 0 aromatic heterocycles. The summed E-state index contributed by atoms with van der Waals surface area (Å²) in [4.78, 5) is 0. The number of fused-ring (bicyclic) bond motifs is 2. The van der Waals surface area contributed by atoms with Gasteiger partial charge in [-0.2, -0.15) is 0 Å². The number of benzene rings is 1. The molecule has 1 fully saturated rings. The van der Waals surface area contributed by atoms with Crippen molar-refractivity contribution in [3.63, 3.8) is 0 Å². The zero-order valence-electron chi connectivity index (χ0n) is 9.98. The maximum atomic E-state index is 10.2. The standard InChI is InChI=1S/C13H16O5/c1-7-10(14)11(15)12(16)13(18-7)9-5-3-2-4-8(9)6-17-13/h2-5,7,10-12,14-16H,6H2,1H3. The minimum Gasteiger partial charge on any atom is -0.388 e. The van der Waals surface area contributed by atoms with Crippen LogP contribution < -0.4 is 0 Å². The Bertz CT molecular complexity index is 462. The van der Waals surface area contributed by atoms with Crippen LogP contribution in [-0.4, -0.2) is 39.7 Å². The highest BCUT2D eigenvalue weighted by atomic mass is 16.7. The van der Waals surface area contributed by atoms with E-state index in [2.05, 4.69) is 0 Å². The van der Waals surface area contributed by atoms with E-state index in [1.54, 1.807) is 6.92 Å². The predicted octanol–water partition coefficient (Wildman–Crippen LogP) is -0.129. The second-order valence-corrected chi connectivity index (χ2v) is 4.86. The number of ether oxygens (including phenoxy) is 2. The van der Waals surface area contributed by atoms with Crippen molar-refractivity contribution in [3.05, 3.63) is 35.4 Å². The van der Waals surface area contributed by atoms with Crippen molar-refractivity contribution < 1.29 is 24.8 Å². The van der Waals surface area contributed by atoms with Gasteiger partial charge >= 0.3 is 0 Å². The summed E-state index contributed by atoms with van der Waals surface area (Å²) in [6, 6.07) is 7.41. The third-order valence-electron chi connectivity index (χ3n) is 3.74. The second kappa shape index (κ2) is 4.01. The lowest BCUT2D eigenvalue weighted by atomic mass is 9.88. The van der Waals surface area contributed by atoms with Crippen LogP contribution in [0.1, 0.15) is 18.1 Å². The van der Waals surface area contributed by atoms with E-state index in [0.29, 0.717) is 6.61 Å². The molecule has 18 heavy (non-hydrogen) atoms. The van der Waals surface area contributed by atoms with Crippen molar-refractivity contribution in [1.29, 1.82) is 0 Å². The maximum Gasteiger partial charge on any atom is 0.225 e. The first-order valence-electron chi connectivity index (χ1n) is 6.00. The van der Waals surface area contributed by atoms with Crippen LogP contribution >= 0.6 is 0 Å². The van der Waals surface area contributed by atoms with E-state index in [1.807, 2.05) is 24.3 Å². The van der Waals surface area contributed by atoms with Crippen molar-refractivity contribution in [1.82, 2.24) is 0 Å². The van der Waals surface area contributed by atoms with Gasteiger partial charge in [0.05, 0.1) is 12.7 Å². The maximum absolute atomic E-state index is 10.2. The van der Waals surface area contributed by atoms with Crippen LogP contribution in [0.15, 0.2) is 24.3 Å². The van der Waals surface area contributed by atoms with Crippen LogP contribution in [0, 0.1) is 0 Å². The highest BCUT2D eigenvalue weighted by Gasteiger charge is 2.57. The monoisotopic (exact) mass is 252 g/mol. The van der Waals surface area contributed by atoms with E-state index >= 15 is 0 Å². The Kier molecular flexibility index (Phi) is 2.69. The molecule has 5 heteroatoms. The number of rotatable bonds is 0.